The molecule has 6 heteroatoms. The Balaban J connectivity index is 2.28. The van der Waals surface area contributed by atoms with Gasteiger partial charge in [-0.25, -0.2) is 0 Å². The number of hydrogen-bond donors (Lipinski definition) is 0. The quantitative estimate of drug-likeness (QED) is 0.783. The minimum Gasteiger partial charge on any atom is -0.284 e. The summed E-state index contributed by atoms with van der Waals surface area (Å²) >= 11 is 0. The summed E-state index contributed by atoms with van der Waals surface area (Å²) in [7, 11) is 0. The Morgan fingerprint density at radius 3 is 2.44 bits per heavy atom. The molecule has 0 saturated heterocycles. The van der Waals surface area contributed by atoms with Crippen LogP contribution < -0.4 is 0 Å². The number of rotatable bonds is 3. The third-order valence-corrected chi connectivity index (χ3v) is 3.52. The number of Topliss-reactive ketones (excluding diaryl/α,β-unsaturated/α-hetero) is 1. The Labute approximate surface area is 103 Å². The van der Waals surface area contributed by atoms with Gasteiger partial charge in [-0.1, -0.05) is 6.42 Å². The first-order chi connectivity index (χ1) is 8.30. The third kappa shape index (κ3) is 2.28. The molecule has 0 N–H and O–H groups in total. The molecule has 18 heavy (non-hydrogen) atoms. The van der Waals surface area contributed by atoms with Crippen LogP contribution in [-0.2, 0) is 6.54 Å². The first kappa shape index (κ1) is 13.1. The van der Waals surface area contributed by atoms with Gasteiger partial charge in [-0.3, -0.25) is 9.48 Å². The van der Waals surface area contributed by atoms with Crippen LogP contribution in [0.4, 0.5) is 13.2 Å². The van der Waals surface area contributed by atoms with Crippen molar-refractivity contribution in [3.8, 4) is 0 Å². The van der Waals surface area contributed by atoms with Gasteiger partial charge in [0.05, 0.1) is 11.3 Å². The minimum absolute atomic E-state index is 0.161. The lowest BCUT2D eigenvalue weighted by Gasteiger charge is -2.25. The van der Waals surface area contributed by atoms with Crippen LogP contribution in [0.2, 0.25) is 0 Å². The first-order valence-corrected chi connectivity index (χ1v) is 5.96. The fraction of sp³-hybridized carbons (Fsp3) is 0.667. The molecule has 2 rings (SSSR count). The van der Waals surface area contributed by atoms with E-state index in [1.807, 2.05) is 0 Å². The van der Waals surface area contributed by atoms with Crippen molar-refractivity contribution >= 4 is 5.78 Å². The van der Waals surface area contributed by atoms with Gasteiger partial charge in [-0.05, 0) is 32.6 Å². The van der Waals surface area contributed by atoms with Crippen molar-refractivity contribution in [1.29, 1.82) is 0 Å². The number of carbonyl (C=O) groups excluding carboxylic acids is 1. The highest BCUT2D eigenvalue weighted by molar-refractivity contribution is 6.02. The van der Waals surface area contributed by atoms with Gasteiger partial charge in [-0.15, -0.1) is 0 Å². The fourth-order valence-corrected chi connectivity index (χ4v) is 2.26. The normalized spacial score (nSPS) is 16.7. The van der Waals surface area contributed by atoms with Crippen molar-refractivity contribution < 1.29 is 18.0 Å². The monoisotopic (exact) mass is 260 g/mol. The molecule has 0 unspecified atom stereocenters. The van der Waals surface area contributed by atoms with Crippen molar-refractivity contribution in [3.63, 3.8) is 0 Å². The summed E-state index contributed by atoms with van der Waals surface area (Å²) in [5.74, 6) is -1.31. The van der Waals surface area contributed by atoms with E-state index in [4.69, 9.17) is 0 Å². The number of aryl methyl sites for hydroxylation is 1. The molecule has 0 spiro atoms. The van der Waals surface area contributed by atoms with Crippen LogP contribution in [0.15, 0.2) is 0 Å². The van der Waals surface area contributed by atoms with Gasteiger partial charge in [0.2, 0.25) is 0 Å². The van der Waals surface area contributed by atoms with Crippen LogP contribution in [0.1, 0.15) is 41.0 Å². The van der Waals surface area contributed by atoms with Gasteiger partial charge in [0.1, 0.15) is 0 Å². The molecule has 1 saturated carbocycles. The number of halogens is 3. The lowest BCUT2D eigenvalue weighted by Crippen LogP contribution is -2.24. The molecule has 0 atom stereocenters. The highest BCUT2D eigenvalue weighted by atomic mass is 19.4. The summed E-state index contributed by atoms with van der Waals surface area (Å²) in [5.41, 5.74) is 0.192. The van der Waals surface area contributed by atoms with E-state index in [1.165, 1.54) is 18.5 Å². The van der Waals surface area contributed by atoms with Crippen LogP contribution in [0.3, 0.4) is 0 Å². The van der Waals surface area contributed by atoms with Crippen molar-refractivity contribution in [2.45, 2.75) is 45.8 Å². The maximum Gasteiger partial charge on any atom is 0.455 e. The predicted molar refractivity (Wildman–Crippen MR) is 59.4 cm³/mol. The number of nitrogens with zero attached hydrogens (tertiary/aromatic N) is 2. The second-order valence-corrected chi connectivity index (χ2v) is 4.85. The molecule has 1 aliphatic carbocycles. The summed E-state index contributed by atoms with van der Waals surface area (Å²) < 4.78 is 38.9. The number of alkyl halides is 3. The molecule has 1 aliphatic rings. The molecule has 1 aromatic heterocycles. The van der Waals surface area contributed by atoms with Crippen molar-refractivity contribution in [1.82, 2.24) is 9.78 Å². The van der Waals surface area contributed by atoms with Gasteiger partial charge < -0.3 is 0 Å². The smallest absolute Gasteiger partial charge is 0.284 e. The van der Waals surface area contributed by atoms with Gasteiger partial charge in [0.25, 0.3) is 5.78 Å². The van der Waals surface area contributed by atoms with Crippen molar-refractivity contribution in [2.24, 2.45) is 5.92 Å². The third-order valence-electron chi connectivity index (χ3n) is 3.52. The summed E-state index contributed by atoms with van der Waals surface area (Å²) in [5, 5.41) is 4.06. The Bertz CT molecular complexity index is 472. The second-order valence-electron chi connectivity index (χ2n) is 4.85. The molecule has 0 amide bonds. The standard InChI is InChI=1S/C12H15F3N2O/c1-7-10(11(18)12(13,14)15)8(2)17(16-7)6-9-4-3-5-9/h9H,3-6H2,1-2H3. The molecule has 0 aliphatic heterocycles. The van der Waals surface area contributed by atoms with Crippen LogP contribution in [-0.4, -0.2) is 21.7 Å². The molecule has 1 aromatic rings. The molecule has 0 aromatic carbocycles. The van der Waals surface area contributed by atoms with Gasteiger partial charge in [-0.2, -0.15) is 18.3 Å². The van der Waals surface area contributed by atoms with Crippen molar-refractivity contribution in [2.75, 3.05) is 0 Å². The lowest BCUT2D eigenvalue weighted by molar-refractivity contribution is -0.0886. The van der Waals surface area contributed by atoms with Crippen LogP contribution >= 0.6 is 0 Å². The maximum atomic E-state index is 12.5. The van der Waals surface area contributed by atoms with E-state index in [0.717, 1.165) is 19.3 Å². The highest BCUT2D eigenvalue weighted by Gasteiger charge is 2.42. The van der Waals surface area contributed by atoms with Gasteiger partial charge in [0.15, 0.2) is 0 Å². The minimum atomic E-state index is -4.83. The first-order valence-electron chi connectivity index (χ1n) is 5.96. The predicted octanol–water partition coefficient (Wildman–Crippen LogP) is 3.05. The molecule has 3 nitrogen and oxygen atoms in total. The van der Waals surface area contributed by atoms with Crippen LogP contribution in [0.25, 0.3) is 0 Å². The lowest BCUT2D eigenvalue weighted by atomic mass is 9.85. The Morgan fingerprint density at radius 2 is 2.00 bits per heavy atom. The molecular formula is C12H15F3N2O. The zero-order valence-corrected chi connectivity index (χ0v) is 10.3. The topological polar surface area (TPSA) is 34.9 Å². The zero-order valence-electron chi connectivity index (χ0n) is 10.3. The second kappa shape index (κ2) is 4.40. The van der Waals surface area contributed by atoms with E-state index in [1.54, 1.807) is 0 Å². The van der Waals surface area contributed by atoms with E-state index >= 15 is 0 Å². The van der Waals surface area contributed by atoms with E-state index in [2.05, 4.69) is 5.10 Å². The van der Waals surface area contributed by atoms with E-state index in [-0.39, 0.29) is 11.3 Å². The molecule has 1 heterocycles. The average molecular weight is 260 g/mol. The van der Waals surface area contributed by atoms with E-state index in [9.17, 15) is 18.0 Å². The molecule has 100 valence electrons. The van der Waals surface area contributed by atoms with Crippen LogP contribution in [0.5, 0.6) is 0 Å². The number of ketones is 1. The Morgan fingerprint density at radius 1 is 1.39 bits per heavy atom. The van der Waals surface area contributed by atoms with E-state index < -0.39 is 12.0 Å². The van der Waals surface area contributed by atoms with Crippen molar-refractivity contribution in [3.05, 3.63) is 17.0 Å². The molecule has 0 radical (unpaired) electrons. The van der Waals surface area contributed by atoms with Gasteiger partial charge in [0, 0.05) is 12.2 Å². The summed E-state index contributed by atoms with van der Waals surface area (Å²) in [4.78, 5) is 11.3. The number of aromatic nitrogens is 2. The molecule has 0 bridgehead atoms. The Kier molecular flexibility index (Phi) is 3.21. The summed E-state index contributed by atoms with van der Waals surface area (Å²) in [6.07, 6.45) is -1.50. The zero-order chi connectivity index (χ0) is 13.5. The largest absolute Gasteiger partial charge is 0.455 e. The highest BCUT2D eigenvalue weighted by Crippen LogP contribution is 2.30. The summed E-state index contributed by atoms with van der Waals surface area (Å²) in [6.45, 7) is 3.58. The summed E-state index contributed by atoms with van der Waals surface area (Å²) in [6, 6.07) is 0. The molecule has 1 fully saturated rings. The van der Waals surface area contributed by atoms with Crippen LogP contribution in [0, 0.1) is 19.8 Å². The Hall–Kier alpha value is -1.33. The van der Waals surface area contributed by atoms with Gasteiger partial charge >= 0.3 is 6.18 Å². The fourth-order valence-electron chi connectivity index (χ4n) is 2.26. The SMILES string of the molecule is Cc1nn(CC2CCC2)c(C)c1C(=O)C(F)(F)F. The number of carbonyl (C=O) groups is 1. The molecular weight excluding hydrogens is 245 g/mol. The average Bonchev–Trinajstić information content (AvgIpc) is 2.46. The van der Waals surface area contributed by atoms with E-state index in [0.29, 0.717) is 18.2 Å². The number of hydrogen-bond acceptors (Lipinski definition) is 2. The maximum absolute atomic E-state index is 12.5.